The Hall–Kier alpha value is -1.88. The minimum absolute atomic E-state index is 0.0225. The van der Waals surface area contributed by atoms with Gasteiger partial charge in [0.2, 0.25) is 0 Å². The van der Waals surface area contributed by atoms with Gasteiger partial charge in [0.15, 0.2) is 0 Å². The van der Waals surface area contributed by atoms with Gasteiger partial charge in [0.1, 0.15) is 5.65 Å². The van der Waals surface area contributed by atoms with Crippen molar-refractivity contribution >= 4 is 11.6 Å². The molecule has 2 aliphatic rings. The summed E-state index contributed by atoms with van der Waals surface area (Å²) in [6, 6.07) is 4.03. The Bertz CT molecular complexity index is 635. The molecule has 3 atom stereocenters. The molecule has 2 aromatic heterocycles. The molecule has 4 rings (SSSR count). The smallest absolute Gasteiger partial charge is 0.253 e. The van der Waals surface area contributed by atoms with Gasteiger partial charge in [-0.05, 0) is 31.0 Å². The Morgan fingerprint density at radius 1 is 1.37 bits per heavy atom. The Morgan fingerprint density at radius 2 is 2.32 bits per heavy atom. The lowest BCUT2D eigenvalue weighted by Crippen LogP contribution is -2.43. The van der Waals surface area contributed by atoms with Crippen molar-refractivity contribution in [3.63, 3.8) is 0 Å². The Labute approximate surface area is 111 Å². The molecule has 2 saturated heterocycles. The second-order valence-corrected chi connectivity index (χ2v) is 5.50. The van der Waals surface area contributed by atoms with Crippen LogP contribution in [0, 0.1) is 5.92 Å². The Morgan fingerprint density at radius 3 is 3.11 bits per heavy atom. The summed E-state index contributed by atoms with van der Waals surface area (Å²) in [5.41, 5.74) is 1.56. The lowest BCUT2D eigenvalue weighted by atomic mass is 10.00. The molecule has 19 heavy (non-hydrogen) atoms. The number of nitrogens with zero attached hydrogens (tertiary/aromatic N) is 3. The minimum atomic E-state index is 0.0225. The first kappa shape index (κ1) is 11.0. The van der Waals surface area contributed by atoms with Gasteiger partial charge in [0, 0.05) is 37.7 Å². The number of carbonyl (C=O) groups excluding carboxylic acids is 1. The van der Waals surface area contributed by atoms with Gasteiger partial charge < -0.3 is 14.6 Å². The molecule has 0 radical (unpaired) electrons. The van der Waals surface area contributed by atoms with E-state index in [2.05, 4.69) is 15.2 Å². The number of imidazole rings is 1. The molecular formula is C14H16N4O. The lowest BCUT2D eigenvalue weighted by molar-refractivity contribution is 0.0924. The Balaban J connectivity index is 1.53. The summed E-state index contributed by atoms with van der Waals surface area (Å²) in [6.45, 7) is 3.34. The molecule has 2 bridgehead atoms. The maximum absolute atomic E-state index is 12.3. The predicted molar refractivity (Wildman–Crippen MR) is 71.0 cm³/mol. The highest BCUT2D eigenvalue weighted by Crippen LogP contribution is 2.27. The van der Waals surface area contributed by atoms with Crippen LogP contribution in [0.4, 0.5) is 0 Å². The first-order valence-corrected chi connectivity index (χ1v) is 6.75. The lowest BCUT2D eigenvalue weighted by Gasteiger charge is -2.23. The van der Waals surface area contributed by atoms with E-state index in [-0.39, 0.29) is 5.91 Å². The molecule has 0 spiro atoms. The average molecular weight is 256 g/mol. The van der Waals surface area contributed by atoms with Crippen molar-refractivity contribution in [1.82, 2.24) is 19.6 Å². The summed E-state index contributed by atoms with van der Waals surface area (Å²) in [5.74, 6) is 0.662. The van der Waals surface area contributed by atoms with E-state index in [0.29, 0.717) is 17.5 Å². The van der Waals surface area contributed by atoms with E-state index in [9.17, 15) is 4.79 Å². The van der Waals surface area contributed by atoms with Crippen molar-refractivity contribution < 1.29 is 4.79 Å². The monoisotopic (exact) mass is 256 g/mol. The fourth-order valence-corrected chi connectivity index (χ4v) is 3.25. The molecule has 1 amide bonds. The van der Waals surface area contributed by atoms with Crippen LogP contribution in [0.5, 0.6) is 0 Å². The first-order chi connectivity index (χ1) is 9.29. The molecule has 0 saturated carbocycles. The van der Waals surface area contributed by atoms with Crippen molar-refractivity contribution in [2.24, 2.45) is 5.92 Å². The van der Waals surface area contributed by atoms with Crippen LogP contribution in [0.1, 0.15) is 16.8 Å². The fourth-order valence-electron chi connectivity index (χ4n) is 3.25. The SMILES string of the molecule is O=C(NC1CN2CCC1C2)c1ccc2nccn2c1. The van der Waals surface area contributed by atoms with Gasteiger partial charge >= 0.3 is 0 Å². The number of pyridine rings is 1. The van der Waals surface area contributed by atoms with Crippen molar-refractivity contribution in [2.75, 3.05) is 19.6 Å². The summed E-state index contributed by atoms with van der Waals surface area (Å²) in [6.07, 6.45) is 6.65. The third-order valence-electron chi connectivity index (χ3n) is 4.30. The molecule has 3 unspecified atom stereocenters. The number of amides is 1. The second kappa shape index (κ2) is 4.06. The fraction of sp³-hybridized carbons (Fsp3) is 0.429. The normalized spacial score (nSPS) is 28.9. The second-order valence-electron chi connectivity index (χ2n) is 5.50. The highest BCUT2D eigenvalue weighted by Gasteiger charge is 2.38. The molecule has 0 aromatic carbocycles. The van der Waals surface area contributed by atoms with Gasteiger partial charge in [-0.3, -0.25) is 4.79 Å². The number of rotatable bonds is 2. The summed E-state index contributed by atoms with van der Waals surface area (Å²) in [5, 5.41) is 3.17. The first-order valence-electron chi connectivity index (χ1n) is 6.75. The molecule has 2 fully saturated rings. The van der Waals surface area contributed by atoms with Gasteiger partial charge in [-0.15, -0.1) is 0 Å². The van der Waals surface area contributed by atoms with E-state index >= 15 is 0 Å². The summed E-state index contributed by atoms with van der Waals surface area (Å²) >= 11 is 0. The zero-order valence-electron chi connectivity index (χ0n) is 10.6. The number of nitrogens with one attached hydrogen (secondary N) is 1. The molecule has 2 aromatic rings. The number of piperidine rings is 1. The summed E-state index contributed by atoms with van der Waals surface area (Å²) in [7, 11) is 0. The third-order valence-corrected chi connectivity index (χ3v) is 4.30. The van der Waals surface area contributed by atoms with Crippen LogP contribution in [-0.4, -0.2) is 45.9 Å². The van der Waals surface area contributed by atoms with Gasteiger partial charge in [0.05, 0.1) is 5.56 Å². The zero-order valence-corrected chi connectivity index (χ0v) is 10.6. The number of hydrogen-bond acceptors (Lipinski definition) is 3. The summed E-state index contributed by atoms with van der Waals surface area (Å²) < 4.78 is 1.87. The molecule has 0 aliphatic carbocycles. The van der Waals surface area contributed by atoms with E-state index in [1.165, 1.54) is 13.0 Å². The van der Waals surface area contributed by atoms with Gasteiger partial charge in [0.25, 0.3) is 5.91 Å². The molecule has 98 valence electrons. The van der Waals surface area contributed by atoms with Crippen LogP contribution in [0.15, 0.2) is 30.7 Å². The third kappa shape index (κ3) is 1.81. The Kier molecular flexibility index (Phi) is 2.35. The maximum atomic E-state index is 12.3. The van der Waals surface area contributed by atoms with Crippen molar-refractivity contribution in [2.45, 2.75) is 12.5 Å². The topological polar surface area (TPSA) is 49.6 Å². The number of carbonyl (C=O) groups is 1. The van der Waals surface area contributed by atoms with Crippen molar-refractivity contribution in [1.29, 1.82) is 0 Å². The maximum Gasteiger partial charge on any atom is 0.253 e. The largest absolute Gasteiger partial charge is 0.348 e. The standard InChI is InChI=1S/C14H16N4O/c19-14(16-12-9-17-5-3-10(12)7-17)11-1-2-13-15-4-6-18(13)8-11/h1-2,4,6,8,10,12H,3,5,7,9H2,(H,16,19). The number of hydrogen-bond donors (Lipinski definition) is 1. The van der Waals surface area contributed by atoms with Crippen molar-refractivity contribution in [3.8, 4) is 0 Å². The molecule has 4 heterocycles. The van der Waals surface area contributed by atoms with E-state index < -0.39 is 0 Å². The van der Waals surface area contributed by atoms with Crippen LogP contribution in [-0.2, 0) is 0 Å². The molecule has 1 N–H and O–H groups in total. The molecular weight excluding hydrogens is 240 g/mol. The number of aromatic nitrogens is 2. The molecule has 5 nitrogen and oxygen atoms in total. The predicted octanol–water partition coefficient (Wildman–Crippen LogP) is 0.768. The van der Waals surface area contributed by atoms with Crippen molar-refractivity contribution in [3.05, 3.63) is 36.3 Å². The quantitative estimate of drug-likeness (QED) is 0.863. The highest BCUT2D eigenvalue weighted by molar-refractivity contribution is 5.94. The van der Waals surface area contributed by atoms with Gasteiger partial charge in [-0.1, -0.05) is 0 Å². The highest BCUT2D eigenvalue weighted by atomic mass is 16.1. The van der Waals surface area contributed by atoms with E-state index in [4.69, 9.17) is 0 Å². The minimum Gasteiger partial charge on any atom is -0.348 e. The molecule has 2 aliphatic heterocycles. The van der Waals surface area contributed by atoms with E-state index in [0.717, 1.165) is 18.7 Å². The van der Waals surface area contributed by atoms with Gasteiger partial charge in [-0.2, -0.15) is 0 Å². The van der Waals surface area contributed by atoms with Gasteiger partial charge in [-0.25, -0.2) is 4.98 Å². The van der Waals surface area contributed by atoms with E-state index in [1.807, 2.05) is 28.9 Å². The zero-order chi connectivity index (χ0) is 12.8. The van der Waals surface area contributed by atoms with Crippen LogP contribution in [0.3, 0.4) is 0 Å². The molecule has 5 heteroatoms. The van der Waals surface area contributed by atoms with Crippen LogP contribution >= 0.6 is 0 Å². The van der Waals surface area contributed by atoms with Crippen LogP contribution in [0.2, 0.25) is 0 Å². The average Bonchev–Trinajstić information content (AvgIpc) is 3.13. The van der Waals surface area contributed by atoms with Crippen LogP contribution in [0.25, 0.3) is 5.65 Å². The number of fused-ring (bicyclic) bond motifs is 3. The van der Waals surface area contributed by atoms with Crippen LogP contribution < -0.4 is 5.32 Å². The summed E-state index contributed by atoms with van der Waals surface area (Å²) in [4.78, 5) is 18.9. The van der Waals surface area contributed by atoms with E-state index in [1.54, 1.807) is 6.20 Å².